The molecule has 166 valence electrons. The summed E-state index contributed by atoms with van der Waals surface area (Å²) in [7, 11) is 3.73. The summed E-state index contributed by atoms with van der Waals surface area (Å²) in [4.78, 5) is 17.8. The fourth-order valence-corrected chi connectivity index (χ4v) is 5.77. The van der Waals surface area contributed by atoms with Crippen molar-refractivity contribution in [2.45, 2.75) is 31.3 Å². The Labute approximate surface area is 199 Å². The lowest BCUT2D eigenvalue weighted by Gasteiger charge is -2.44. The van der Waals surface area contributed by atoms with Gasteiger partial charge in [0.1, 0.15) is 19.6 Å². The maximum absolute atomic E-state index is 12.3. The first-order chi connectivity index (χ1) is 14.5. The molecule has 0 saturated carbocycles. The molecule has 0 bridgehead atoms. The van der Waals surface area contributed by atoms with Crippen molar-refractivity contribution in [3.63, 3.8) is 0 Å². The van der Waals surface area contributed by atoms with Gasteiger partial charge in [-0.25, -0.2) is 0 Å². The van der Waals surface area contributed by atoms with Crippen LogP contribution in [-0.4, -0.2) is 73.4 Å². The van der Waals surface area contributed by atoms with Crippen molar-refractivity contribution in [3.05, 3.63) is 35.0 Å². The first-order valence-corrected chi connectivity index (χ1v) is 10.8. The number of methoxy groups -OCH3 is 1. The molecular formula is C23H29IN4O3. The van der Waals surface area contributed by atoms with Crippen LogP contribution in [0.2, 0.25) is 0 Å². The number of quaternary nitrogens is 1. The van der Waals surface area contributed by atoms with Gasteiger partial charge in [0.2, 0.25) is 0 Å². The number of piperidine rings is 1. The second kappa shape index (κ2) is 8.60. The Morgan fingerprint density at radius 2 is 2.16 bits per heavy atom. The van der Waals surface area contributed by atoms with E-state index in [1.807, 2.05) is 4.90 Å². The number of nitriles is 1. The number of hydrogen-bond donors (Lipinski definition) is 1. The number of H-pyrrole nitrogens is 1. The number of likely N-dealkylation sites (N-methyl/N-ethyl adjacent to an activating group) is 1. The zero-order valence-electron chi connectivity index (χ0n) is 18.1. The number of likely N-dealkylation sites (tertiary alicyclic amines) is 1. The Balaban J connectivity index is 0.00000231. The highest BCUT2D eigenvalue weighted by molar-refractivity contribution is 5.90. The molecule has 8 heteroatoms. The number of ether oxygens (including phenoxy) is 2. The van der Waals surface area contributed by atoms with Gasteiger partial charge in [-0.15, -0.1) is 0 Å². The quantitative estimate of drug-likeness (QED) is 0.239. The summed E-state index contributed by atoms with van der Waals surface area (Å²) >= 11 is 0. The number of aromatic amines is 1. The molecule has 2 fully saturated rings. The molecule has 0 amide bonds. The van der Waals surface area contributed by atoms with Crippen molar-refractivity contribution < 1.29 is 42.7 Å². The van der Waals surface area contributed by atoms with Crippen LogP contribution in [0.5, 0.6) is 0 Å². The minimum absolute atomic E-state index is 0. The largest absolute Gasteiger partial charge is 1.00 e. The summed E-state index contributed by atoms with van der Waals surface area (Å²) in [6, 6.07) is 6.51. The third-order valence-corrected chi connectivity index (χ3v) is 7.44. The Morgan fingerprint density at radius 1 is 1.39 bits per heavy atom. The standard InChI is InChI=1S/C23H29N4O3.HI/c1-27(6-8-30-9-7-27)13-20-18-11-21-17(16-4-3-5-19(25-20)22(16)18)10-15(23(28)29-2)12-26(21)14-24;/h3-5,15,17,21,25H,6-13H2,1-2H3;1H/q+1;/p-1/t15-,17-,21-;/m1./s1. The second-order valence-electron chi connectivity index (χ2n) is 9.28. The molecular weight excluding hydrogens is 507 g/mol. The van der Waals surface area contributed by atoms with Crippen molar-refractivity contribution >= 4 is 16.9 Å². The van der Waals surface area contributed by atoms with Crippen LogP contribution in [-0.2, 0) is 27.2 Å². The van der Waals surface area contributed by atoms with E-state index in [0.717, 1.165) is 50.2 Å². The molecule has 3 atom stereocenters. The summed E-state index contributed by atoms with van der Waals surface area (Å²) in [6.45, 7) is 5.03. The smallest absolute Gasteiger partial charge is 0.310 e. The van der Waals surface area contributed by atoms with Crippen molar-refractivity contribution in [2.75, 3.05) is 47.0 Å². The van der Waals surface area contributed by atoms with Gasteiger partial charge in [0.15, 0.2) is 6.19 Å². The molecule has 0 radical (unpaired) electrons. The van der Waals surface area contributed by atoms with Gasteiger partial charge >= 0.3 is 5.97 Å². The number of benzene rings is 1. The van der Waals surface area contributed by atoms with Gasteiger partial charge in [-0.2, -0.15) is 5.26 Å². The number of morpholine rings is 1. The molecule has 2 aliphatic heterocycles. The first kappa shape index (κ1) is 22.4. The van der Waals surface area contributed by atoms with E-state index >= 15 is 0 Å². The number of aromatic nitrogens is 1. The molecule has 7 nitrogen and oxygen atoms in total. The van der Waals surface area contributed by atoms with Crippen LogP contribution in [0.1, 0.15) is 29.2 Å². The molecule has 0 unspecified atom stereocenters. The molecule has 1 N–H and O–H groups in total. The average Bonchev–Trinajstić information content (AvgIpc) is 3.10. The van der Waals surface area contributed by atoms with E-state index in [2.05, 4.69) is 36.4 Å². The van der Waals surface area contributed by atoms with Crippen LogP contribution in [0.25, 0.3) is 10.9 Å². The lowest BCUT2D eigenvalue weighted by molar-refractivity contribution is -0.929. The van der Waals surface area contributed by atoms with Crippen LogP contribution < -0.4 is 24.0 Å². The fourth-order valence-electron chi connectivity index (χ4n) is 5.77. The number of hydrogen-bond acceptors (Lipinski definition) is 5. The highest BCUT2D eigenvalue weighted by Crippen LogP contribution is 2.46. The van der Waals surface area contributed by atoms with Crippen molar-refractivity contribution in [2.24, 2.45) is 5.92 Å². The highest BCUT2D eigenvalue weighted by Gasteiger charge is 2.44. The van der Waals surface area contributed by atoms with Gasteiger partial charge in [0.25, 0.3) is 0 Å². The van der Waals surface area contributed by atoms with Crippen molar-refractivity contribution in [3.8, 4) is 6.19 Å². The van der Waals surface area contributed by atoms with E-state index in [9.17, 15) is 10.1 Å². The van der Waals surface area contributed by atoms with E-state index in [0.29, 0.717) is 6.54 Å². The van der Waals surface area contributed by atoms with E-state index < -0.39 is 0 Å². The van der Waals surface area contributed by atoms with Crippen LogP contribution in [0.3, 0.4) is 0 Å². The van der Waals surface area contributed by atoms with E-state index in [4.69, 9.17) is 9.47 Å². The number of nitrogens with one attached hydrogen (secondary N) is 1. The Hall–Kier alpha value is -1.83. The van der Waals surface area contributed by atoms with E-state index in [-0.39, 0.29) is 47.8 Å². The number of esters is 1. The number of fused-ring (bicyclic) bond motifs is 2. The van der Waals surface area contributed by atoms with Crippen LogP contribution in [0.15, 0.2) is 18.2 Å². The van der Waals surface area contributed by atoms with Gasteiger partial charge in [0, 0.05) is 23.4 Å². The monoisotopic (exact) mass is 536 g/mol. The van der Waals surface area contributed by atoms with Gasteiger partial charge in [-0.3, -0.25) is 4.79 Å². The number of carbonyl (C=O) groups excluding carboxylic acids is 1. The molecule has 3 heterocycles. The number of rotatable bonds is 3. The van der Waals surface area contributed by atoms with Crippen LogP contribution in [0.4, 0.5) is 0 Å². The van der Waals surface area contributed by atoms with Crippen molar-refractivity contribution in [1.82, 2.24) is 9.88 Å². The summed E-state index contributed by atoms with van der Waals surface area (Å²) in [5, 5.41) is 11.2. The van der Waals surface area contributed by atoms with Crippen LogP contribution in [0, 0.1) is 17.4 Å². The molecule has 1 aromatic carbocycles. The SMILES string of the molecule is COC(=O)[C@@H]1C[C@@H]2c3cccc4[nH]c(C[N+]5(C)CCOCC5)c(c34)C[C@H]2N(C#N)C1.[I-]. The topological polar surface area (TPSA) is 78.4 Å². The lowest BCUT2D eigenvalue weighted by Crippen LogP contribution is -3.00. The van der Waals surface area contributed by atoms with Crippen LogP contribution >= 0.6 is 0 Å². The van der Waals surface area contributed by atoms with Gasteiger partial charge in [0.05, 0.1) is 45.0 Å². The minimum atomic E-state index is -0.260. The number of nitrogens with zero attached hydrogens (tertiary/aromatic N) is 3. The maximum atomic E-state index is 12.3. The Kier molecular flexibility index (Phi) is 6.21. The average molecular weight is 536 g/mol. The summed E-state index contributed by atoms with van der Waals surface area (Å²) in [5.74, 6) is -0.314. The molecule has 2 aromatic rings. The van der Waals surface area contributed by atoms with Crippen molar-refractivity contribution in [1.29, 1.82) is 5.26 Å². The molecule has 2 saturated heterocycles. The number of carbonyl (C=O) groups is 1. The Morgan fingerprint density at radius 3 is 2.87 bits per heavy atom. The normalized spacial score (nSPS) is 26.5. The first-order valence-electron chi connectivity index (χ1n) is 10.8. The molecule has 0 spiro atoms. The predicted octanol–water partition coefficient (Wildman–Crippen LogP) is -0.867. The highest BCUT2D eigenvalue weighted by atomic mass is 127. The third kappa shape index (κ3) is 3.81. The van der Waals surface area contributed by atoms with E-state index in [1.54, 1.807) is 0 Å². The second-order valence-corrected chi connectivity index (χ2v) is 9.28. The molecule has 1 aliphatic carbocycles. The maximum Gasteiger partial charge on any atom is 0.310 e. The summed E-state index contributed by atoms with van der Waals surface area (Å²) < 4.78 is 11.6. The lowest BCUT2D eigenvalue weighted by atomic mass is 9.72. The van der Waals surface area contributed by atoms with Gasteiger partial charge in [-0.05, 0) is 30.0 Å². The van der Waals surface area contributed by atoms with E-state index in [1.165, 1.54) is 34.8 Å². The summed E-state index contributed by atoms with van der Waals surface area (Å²) in [6.07, 6.45) is 3.95. The Bertz CT molecular complexity index is 1020. The molecule has 3 aliphatic rings. The summed E-state index contributed by atoms with van der Waals surface area (Å²) in [5.41, 5.74) is 5.07. The molecule has 31 heavy (non-hydrogen) atoms. The van der Waals surface area contributed by atoms with Gasteiger partial charge in [-0.1, -0.05) is 12.1 Å². The fraction of sp³-hybridized carbons (Fsp3) is 0.565. The number of halogens is 1. The molecule has 1 aromatic heterocycles. The molecule has 5 rings (SSSR count). The minimum Gasteiger partial charge on any atom is -1.00 e. The zero-order chi connectivity index (χ0) is 20.9. The third-order valence-electron chi connectivity index (χ3n) is 7.44. The predicted molar refractivity (Wildman–Crippen MR) is 111 cm³/mol. The van der Waals surface area contributed by atoms with Gasteiger partial charge < -0.3 is 47.8 Å². The zero-order valence-corrected chi connectivity index (χ0v) is 20.2.